The molecule has 112 valence electrons. The van der Waals surface area contributed by atoms with Gasteiger partial charge in [0.1, 0.15) is 5.75 Å². The van der Waals surface area contributed by atoms with Crippen LogP contribution < -0.4 is 20.7 Å². The highest BCUT2D eigenvalue weighted by Gasteiger charge is 2.16. The van der Waals surface area contributed by atoms with Gasteiger partial charge in [-0.25, -0.2) is 0 Å². The van der Waals surface area contributed by atoms with E-state index in [1.54, 1.807) is 26.4 Å². The smallest absolute Gasteiger partial charge is 0.233 e. The number of nitrogens with zero attached hydrogens (tertiary/aromatic N) is 2. The maximum atomic E-state index is 6.03. The van der Waals surface area contributed by atoms with E-state index in [0.717, 1.165) is 11.3 Å². The van der Waals surface area contributed by atoms with E-state index < -0.39 is 0 Å². The summed E-state index contributed by atoms with van der Waals surface area (Å²) in [5.41, 5.74) is 4.38. The van der Waals surface area contributed by atoms with Gasteiger partial charge in [-0.3, -0.25) is 11.3 Å². The molecule has 0 aliphatic carbocycles. The van der Waals surface area contributed by atoms with Crippen LogP contribution in [0.4, 0.5) is 0 Å². The largest absolute Gasteiger partial charge is 0.496 e. The molecule has 0 bridgehead atoms. The zero-order chi connectivity index (χ0) is 15.2. The molecule has 21 heavy (non-hydrogen) atoms. The van der Waals surface area contributed by atoms with E-state index in [4.69, 9.17) is 26.9 Å². The normalized spacial score (nSPS) is 12.0. The average molecular weight is 309 g/mol. The van der Waals surface area contributed by atoms with E-state index in [-0.39, 0.29) is 6.04 Å². The zero-order valence-corrected chi connectivity index (χ0v) is 12.6. The summed E-state index contributed by atoms with van der Waals surface area (Å²) < 4.78 is 10.3. The third kappa shape index (κ3) is 3.81. The Balaban J connectivity index is 2.23. The fraction of sp³-hybridized carbons (Fsp3) is 0.286. The molecule has 1 unspecified atom stereocenters. The van der Waals surface area contributed by atoms with Crippen LogP contribution in [0.3, 0.4) is 0 Å². The van der Waals surface area contributed by atoms with E-state index in [0.29, 0.717) is 23.0 Å². The van der Waals surface area contributed by atoms with Crippen LogP contribution in [0.2, 0.25) is 5.02 Å². The fourth-order valence-corrected chi connectivity index (χ4v) is 2.20. The predicted molar refractivity (Wildman–Crippen MR) is 80.4 cm³/mol. The lowest BCUT2D eigenvalue weighted by atomic mass is 10.0. The summed E-state index contributed by atoms with van der Waals surface area (Å²) in [7, 11) is 3.16. The molecule has 3 N–H and O–H groups in total. The fourth-order valence-electron chi connectivity index (χ4n) is 2.00. The molecular formula is C14H17ClN4O2. The Labute approximate surface area is 128 Å². The molecular weight excluding hydrogens is 292 g/mol. The van der Waals surface area contributed by atoms with Crippen molar-refractivity contribution < 1.29 is 9.47 Å². The molecule has 1 heterocycles. The Bertz CT molecular complexity index is 592. The van der Waals surface area contributed by atoms with Gasteiger partial charge in [-0.2, -0.15) is 5.10 Å². The third-order valence-corrected chi connectivity index (χ3v) is 3.33. The molecule has 0 spiro atoms. The van der Waals surface area contributed by atoms with E-state index in [9.17, 15) is 0 Å². The number of aromatic nitrogens is 2. The van der Waals surface area contributed by atoms with Gasteiger partial charge in [-0.05, 0) is 36.2 Å². The second-order valence-electron chi connectivity index (χ2n) is 4.38. The first kappa shape index (κ1) is 15.5. The predicted octanol–water partition coefficient (Wildman–Crippen LogP) is 1.89. The SMILES string of the molecule is COc1ccc(C(Cc2cc(Cl)ccc2OC)NN)nn1. The standard InChI is InChI=1S/C14H17ClN4O2/c1-20-13-5-3-10(15)7-9(13)8-12(17-16)11-4-6-14(21-2)19-18-11/h3-7,12,17H,8,16H2,1-2H3. The molecule has 0 aliphatic heterocycles. The zero-order valence-electron chi connectivity index (χ0n) is 11.8. The minimum absolute atomic E-state index is 0.212. The third-order valence-electron chi connectivity index (χ3n) is 3.09. The van der Waals surface area contributed by atoms with Crippen molar-refractivity contribution >= 4 is 11.6 Å². The molecule has 2 aromatic rings. The molecule has 7 heteroatoms. The van der Waals surface area contributed by atoms with Gasteiger partial charge in [0, 0.05) is 11.1 Å². The summed E-state index contributed by atoms with van der Waals surface area (Å²) in [6.45, 7) is 0. The Hall–Kier alpha value is -1.89. The number of nitrogens with one attached hydrogen (secondary N) is 1. The lowest BCUT2D eigenvalue weighted by Crippen LogP contribution is -2.30. The summed E-state index contributed by atoms with van der Waals surface area (Å²) in [4.78, 5) is 0. The summed E-state index contributed by atoms with van der Waals surface area (Å²) in [5, 5.41) is 8.69. The molecule has 0 saturated carbocycles. The highest BCUT2D eigenvalue weighted by atomic mass is 35.5. The maximum Gasteiger partial charge on any atom is 0.233 e. The van der Waals surface area contributed by atoms with Crippen molar-refractivity contribution in [2.45, 2.75) is 12.5 Å². The van der Waals surface area contributed by atoms with Crippen LogP contribution in [0.25, 0.3) is 0 Å². The molecule has 0 amide bonds. The number of hydrogen-bond acceptors (Lipinski definition) is 6. The maximum absolute atomic E-state index is 6.03. The number of methoxy groups -OCH3 is 2. The van der Waals surface area contributed by atoms with Crippen molar-refractivity contribution in [3.05, 3.63) is 46.6 Å². The van der Waals surface area contributed by atoms with Crippen molar-refractivity contribution in [2.24, 2.45) is 5.84 Å². The van der Waals surface area contributed by atoms with Gasteiger partial charge in [0.25, 0.3) is 0 Å². The number of ether oxygens (including phenoxy) is 2. The highest BCUT2D eigenvalue weighted by molar-refractivity contribution is 6.30. The Kier molecular flexibility index (Phi) is 5.32. The first-order valence-corrected chi connectivity index (χ1v) is 6.72. The summed E-state index contributed by atoms with van der Waals surface area (Å²) in [6, 6.07) is 8.79. The quantitative estimate of drug-likeness (QED) is 0.626. The van der Waals surface area contributed by atoms with Gasteiger partial charge in [0.15, 0.2) is 0 Å². The molecule has 2 rings (SSSR count). The van der Waals surface area contributed by atoms with E-state index in [2.05, 4.69) is 15.6 Å². The first-order valence-electron chi connectivity index (χ1n) is 6.34. The molecule has 1 aromatic heterocycles. The van der Waals surface area contributed by atoms with Crippen LogP contribution in [0.5, 0.6) is 11.6 Å². The second kappa shape index (κ2) is 7.21. The Morgan fingerprint density at radius 2 is 2.00 bits per heavy atom. The van der Waals surface area contributed by atoms with Crippen LogP contribution in [0.1, 0.15) is 17.3 Å². The highest BCUT2D eigenvalue weighted by Crippen LogP contribution is 2.27. The van der Waals surface area contributed by atoms with Crippen LogP contribution in [-0.4, -0.2) is 24.4 Å². The number of nitrogens with two attached hydrogens (primary N) is 1. The first-order chi connectivity index (χ1) is 10.2. The van der Waals surface area contributed by atoms with Crippen molar-refractivity contribution in [1.29, 1.82) is 0 Å². The van der Waals surface area contributed by atoms with Crippen LogP contribution in [0.15, 0.2) is 30.3 Å². The average Bonchev–Trinajstić information content (AvgIpc) is 2.53. The molecule has 1 aromatic carbocycles. The Morgan fingerprint density at radius 3 is 2.57 bits per heavy atom. The van der Waals surface area contributed by atoms with Crippen LogP contribution >= 0.6 is 11.6 Å². The van der Waals surface area contributed by atoms with Gasteiger partial charge in [0.2, 0.25) is 5.88 Å². The topological polar surface area (TPSA) is 82.3 Å². The molecule has 0 radical (unpaired) electrons. The summed E-state index contributed by atoms with van der Waals surface area (Å²) >= 11 is 6.03. The molecule has 0 saturated heterocycles. The number of hydrazine groups is 1. The van der Waals surface area contributed by atoms with E-state index >= 15 is 0 Å². The minimum atomic E-state index is -0.212. The number of halogens is 1. The van der Waals surface area contributed by atoms with Crippen LogP contribution in [0, 0.1) is 0 Å². The van der Waals surface area contributed by atoms with Gasteiger partial charge in [-0.1, -0.05) is 11.6 Å². The van der Waals surface area contributed by atoms with Crippen molar-refractivity contribution in [2.75, 3.05) is 14.2 Å². The summed E-state index contributed by atoms with van der Waals surface area (Å²) in [6.07, 6.45) is 0.571. The molecule has 6 nitrogen and oxygen atoms in total. The van der Waals surface area contributed by atoms with Gasteiger partial charge in [0.05, 0.1) is 26.0 Å². The minimum Gasteiger partial charge on any atom is -0.496 e. The monoisotopic (exact) mass is 308 g/mol. The van der Waals surface area contributed by atoms with Crippen molar-refractivity contribution in [3.8, 4) is 11.6 Å². The Morgan fingerprint density at radius 1 is 1.19 bits per heavy atom. The number of benzene rings is 1. The van der Waals surface area contributed by atoms with E-state index in [1.165, 1.54) is 0 Å². The van der Waals surface area contributed by atoms with E-state index in [1.807, 2.05) is 18.2 Å². The molecule has 0 aliphatic rings. The van der Waals surface area contributed by atoms with Gasteiger partial charge < -0.3 is 9.47 Å². The van der Waals surface area contributed by atoms with Crippen molar-refractivity contribution in [3.63, 3.8) is 0 Å². The number of rotatable bonds is 6. The number of hydrogen-bond donors (Lipinski definition) is 2. The van der Waals surface area contributed by atoms with Crippen molar-refractivity contribution in [1.82, 2.24) is 15.6 Å². The van der Waals surface area contributed by atoms with Gasteiger partial charge in [-0.15, -0.1) is 5.10 Å². The second-order valence-corrected chi connectivity index (χ2v) is 4.82. The van der Waals surface area contributed by atoms with Crippen LogP contribution in [-0.2, 0) is 6.42 Å². The summed E-state index contributed by atoms with van der Waals surface area (Å²) in [5.74, 6) is 6.83. The lowest BCUT2D eigenvalue weighted by Gasteiger charge is -2.17. The molecule has 1 atom stereocenters. The molecule has 0 fully saturated rings. The lowest BCUT2D eigenvalue weighted by molar-refractivity contribution is 0.388. The van der Waals surface area contributed by atoms with Gasteiger partial charge >= 0.3 is 0 Å².